The third kappa shape index (κ3) is 1.73. The van der Waals surface area contributed by atoms with E-state index in [-0.39, 0.29) is 38.0 Å². The molecule has 0 radical (unpaired) electrons. The first-order valence-corrected chi connectivity index (χ1v) is 5.00. The molecule has 2 saturated heterocycles. The third-order valence-electron chi connectivity index (χ3n) is 2.74. The molecule has 0 atom stereocenters. The Labute approximate surface area is 92.2 Å². The van der Waals surface area contributed by atoms with Crippen LogP contribution in [0.15, 0.2) is 0 Å². The van der Waals surface area contributed by atoms with Crippen molar-refractivity contribution >= 4 is 17.8 Å². The van der Waals surface area contributed by atoms with Gasteiger partial charge >= 0.3 is 6.03 Å². The van der Waals surface area contributed by atoms with Crippen LogP contribution in [0, 0.1) is 0 Å². The van der Waals surface area contributed by atoms with E-state index in [0.29, 0.717) is 0 Å². The first kappa shape index (κ1) is 10.9. The van der Waals surface area contributed by atoms with Gasteiger partial charge in [-0.1, -0.05) is 0 Å². The zero-order valence-electron chi connectivity index (χ0n) is 8.92. The topological polar surface area (TPSA) is 81.2 Å². The first-order valence-electron chi connectivity index (χ1n) is 5.00. The van der Waals surface area contributed by atoms with Crippen molar-refractivity contribution in [3.05, 3.63) is 0 Å². The second-order valence-corrected chi connectivity index (χ2v) is 4.07. The van der Waals surface area contributed by atoms with Crippen LogP contribution < -0.4 is 0 Å². The molecule has 0 unspecified atom stereocenters. The molecular weight excluding hydrogens is 214 g/mol. The van der Waals surface area contributed by atoms with Crippen LogP contribution in [0.5, 0.6) is 0 Å². The van der Waals surface area contributed by atoms with Crippen LogP contribution in [-0.2, 0) is 9.59 Å². The predicted molar refractivity (Wildman–Crippen MR) is 52.3 cm³/mol. The van der Waals surface area contributed by atoms with Crippen molar-refractivity contribution in [2.75, 3.05) is 33.2 Å². The Balaban J connectivity index is 1.92. The van der Waals surface area contributed by atoms with E-state index in [0.717, 1.165) is 4.90 Å². The van der Waals surface area contributed by atoms with Crippen LogP contribution in [0.1, 0.15) is 0 Å². The van der Waals surface area contributed by atoms with Crippen molar-refractivity contribution in [2.45, 2.75) is 6.10 Å². The number of β-amino-alcohol motifs (C(OH)–C–C–N with tert-alkyl or cyclic N) is 1. The second-order valence-electron chi connectivity index (χ2n) is 4.07. The summed E-state index contributed by atoms with van der Waals surface area (Å²) in [6.45, 7) is 0.360. The summed E-state index contributed by atoms with van der Waals surface area (Å²) in [7, 11) is 1.51. The third-order valence-corrected chi connectivity index (χ3v) is 2.74. The summed E-state index contributed by atoms with van der Waals surface area (Å²) in [6, 6.07) is -0.445. The van der Waals surface area contributed by atoms with Gasteiger partial charge in [0.15, 0.2) is 0 Å². The maximum absolute atomic E-state index is 11.6. The highest BCUT2D eigenvalue weighted by molar-refractivity contribution is 6.04. The molecule has 1 N–H and O–H groups in total. The number of rotatable bonds is 2. The van der Waals surface area contributed by atoms with Crippen molar-refractivity contribution in [1.29, 1.82) is 0 Å². The highest BCUT2D eigenvalue weighted by atomic mass is 16.3. The molecule has 7 heteroatoms. The number of amides is 4. The molecule has 0 spiro atoms. The number of urea groups is 1. The van der Waals surface area contributed by atoms with Gasteiger partial charge in [0.2, 0.25) is 5.91 Å². The van der Waals surface area contributed by atoms with E-state index in [2.05, 4.69) is 0 Å². The number of likely N-dealkylation sites (N-methyl/N-ethyl adjacent to an activating group) is 1. The molecule has 0 bridgehead atoms. The molecule has 2 fully saturated rings. The van der Waals surface area contributed by atoms with Crippen molar-refractivity contribution in [3.8, 4) is 0 Å². The largest absolute Gasteiger partial charge is 0.389 e. The average molecular weight is 227 g/mol. The standard InChI is InChI=1S/C9H13N3O4/c1-10-4-8(15)12(9(10)16)5-7(14)11-2-6(13)3-11/h6,13H,2-5H2,1H3. The Morgan fingerprint density at radius 3 is 2.50 bits per heavy atom. The molecule has 4 amide bonds. The van der Waals surface area contributed by atoms with Crippen molar-refractivity contribution in [1.82, 2.24) is 14.7 Å². The molecular formula is C9H13N3O4. The van der Waals surface area contributed by atoms with Crippen molar-refractivity contribution in [3.63, 3.8) is 0 Å². The number of aliphatic hydroxyl groups is 1. The minimum Gasteiger partial charge on any atom is -0.389 e. The van der Waals surface area contributed by atoms with Gasteiger partial charge in [-0.3, -0.25) is 14.5 Å². The molecule has 0 saturated carbocycles. The summed E-state index contributed by atoms with van der Waals surface area (Å²) in [4.78, 5) is 38.0. The summed E-state index contributed by atoms with van der Waals surface area (Å²) in [5.41, 5.74) is 0. The van der Waals surface area contributed by atoms with Crippen LogP contribution in [0.3, 0.4) is 0 Å². The number of hydrogen-bond donors (Lipinski definition) is 1. The van der Waals surface area contributed by atoms with E-state index in [1.165, 1.54) is 16.8 Å². The Morgan fingerprint density at radius 2 is 2.06 bits per heavy atom. The molecule has 0 aliphatic carbocycles. The van der Waals surface area contributed by atoms with Crippen LogP contribution >= 0.6 is 0 Å². The fourth-order valence-electron chi connectivity index (χ4n) is 1.72. The van der Waals surface area contributed by atoms with Crippen LogP contribution in [0.25, 0.3) is 0 Å². The zero-order valence-corrected chi connectivity index (χ0v) is 8.92. The lowest BCUT2D eigenvalue weighted by molar-refractivity contribution is -0.144. The summed E-state index contributed by atoms with van der Waals surface area (Å²) in [5.74, 6) is -0.663. The van der Waals surface area contributed by atoms with Gasteiger partial charge in [-0.05, 0) is 0 Å². The van der Waals surface area contributed by atoms with E-state index >= 15 is 0 Å². The second kappa shape index (κ2) is 3.75. The monoisotopic (exact) mass is 227 g/mol. The van der Waals surface area contributed by atoms with E-state index in [1.807, 2.05) is 0 Å². The molecule has 16 heavy (non-hydrogen) atoms. The van der Waals surface area contributed by atoms with Crippen molar-refractivity contribution in [2.24, 2.45) is 0 Å². The van der Waals surface area contributed by atoms with Gasteiger partial charge in [0.05, 0.1) is 6.10 Å². The number of nitrogens with zero attached hydrogens (tertiary/aromatic N) is 3. The molecule has 2 aliphatic rings. The van der Waals surface area contributed by atoms with Gasteiger partial charge in [0.25, 0.3) is 5.91 Å². The summed E-state index contributed by atoms with van der Waals surface area (Å²) in [5, 5.41) is 9.02. The molecule has 0 aromatic rings. The fourth-order valence-corrected chi connectivity index (χ4v) is 1.72. The Hall–Kier alpha value is -1.63. The zero-order chi connectivity index (χ0) is 11.9. The summed E-state index contributed by atoms with van der Waals surface area (Å²) >= 11 is 0. The van der Waals surface area contributed by atoms with Gasteiger partial charge in [-0.2, -0.15) is 0 Å². The minimum atomic E-state index is -0.475. The molecule has 2 rings (SSSR count). The van der Waals surface area contributed by atoms with E-state index in [4.69, 9.17) is 5.11 Å². The molecule has 0 aromatic carbocycles. The quantitative estimate of drug-likeness (QED) is 0.558. The van der Waals surface area contributed by atoms with E-state index in [1.54, 1.807) is 0 Å². The molecule has 2 aliphatic heterocycles. The Kier molecular flexibility index (Phi) is 2.55. The number of aliphatic hydroxyl groups excluding tert-OH is 1. The number of carbonyl (C=O) groups excluding carboxylic acids is 3. The van der Waals surface area contributed by atoms with Gasteiger partial charge in [-0.25, -0.2) is 4.79 Å². The van der Waals surface area contributed by atoms with Crippen LogP contribution in [-0.4, -0.2) is 77.0 Å². The van der Waals surface area contributed by atoms with Gasteiger partial charge in [-0.15, -0.1) is 0 Å². The SMILES string of the molecule is CN1CC(=O)N(CC(=O)N2CC(O)C2)C1=O. The molecule has 7 nitrogen and oxygen atoms in total. The molecule has 0 aromatic heterocycles. The molecule has 88 valence electrons. The minimum absolute atomic E-state index is 0.0226. The number of imide groups is 1. The van der Waals surface area contributed by atoms with Crippen LogP contribution in [0.2, 0.25) is 0 Å². The lowest BCUT2D eigenvalue weighted by Gasteiger charge is -2.36. The van der Waals surface area contributed by atoms with Crippen molar-refractivity contribution < 1.29 is 19.5 Å². The number of carbonyl (C=O) groups is 3. The number of hydrogen-bond acceptors (Lipinski definition) is 4. The Bertz CT molecular complexity index is 351. The maximum Gasteiger partial charge on any atom is 0.327 e. The normalized spacial score (nSPS) is 21.8. The smallest absolute Gasteiger partial charge is 0.327 e. The van der Waals surface area contributed by atoms with Gasteiger partial charge < -0.3 is 14.9 Å². The highest BCUT2D eigenvalue weighted by Crippen LogP contribution is 2.11. The van der Waals surface area contributed by atoms with E-state index < -0.39 is 12.1 Å². The lowest BCUT2D eigenvalue weighted by atomic mass is 10.1. The Morgan fingerprint density at radius 1 is 1.44 bits per heavy atom. The summed E-state index contributed by atoms with van der Waals surface area (Å²) in [6.07, 6.45) is -0.475. The van der Waals surface area contributed by atoms with E-state index in [9.17, 15) is 14.4 Å². The highest BCUT2D eigenvalue weighted by Gasteiger charge is 2.37. The predicted octanol–water partition coefficient (Wildman–Crippen LogP) is -1.92. The summed E-state index contributed by atoms with van der Waals surface area (Å²) < 4.78 is 0. The molecule has 2 heterocycles. The maximum atomic E-state index is 11.6. The average Bonchev–Trinajstić information content (AvgIpc) is 2.40. The number of likely N-dealkylation sites (tertiary alicyclic amines) is 1. The lowest BCUT2D eigenvalue weighted by Crippen LogP contribution is -2.56. The fraction of sp³-hybridized carbons (Fsp3) is 0.667. The van der Waals surface area contributed by atoms with Crippen LogP contribution in [0.4, 0.5) is 4.79 Å². The first-order chi connectivity index (χ1) is 7.49. The van der Waals surface area contributed by atoms with Gasteiger partial charge in [0.1, 0.15) is 13.1 Å². The van der Waals surface area contributed by atoms with Gasteiger partial charge in [0, 0.05) is 20.1 Å².